The first-order chi connectivity index (χ1) is 9.28. The third-order valence-electron chi connectivity index (χ3n) is 4.65. The molecule has 1 aliphatic heterocycles. The van der Waals surface area contributed by atoms with Crippen LogP contribution in [0.3, 0.4) is 0 Å². The van der Waals surface area contributed by atoms with Gasteiger partial charge in [-0.3, -0.25) is 0 Å². The first-order valence-electron chi connectivity index (χ1n) is 8.05. The minimum atomic E-state index is 0.441. The van der Waals surface area contributed by atoms with Gasteiger partial charge in [0.05, 0.1) is 0 Å². The Balaban J connectivity index is 1.84. The highest BCUT2D eigenvalue weighted by molar-refractivity contribution is 5.36. The predicted molar refractivity (Wildman–Crippen MR) is 83.7 cm³/mol. The molecule has 0 radical (unpaired) electrons. The average Bonchev–Trinajstić information content (AvgIpc) is 2.37. The molecule has 0 aromatic heterocycles. The lowest BCUT2D eigenvalue weighted by atomic mass is 9.70. The van der Waals surface area contributed by atoms with Crippen LogP contribution in [0.25, 0.3) is 0 Å². The van der Waals surface area contributed by atoms with Crippen molar-refractivity contribution in [3.63, 3.8) is 0 Å². The van der Waals surface area contributed by atoms with Crippen LogP contribution < -0.4 is 5.32 Å². The molecular weight excluding hydrogens is 230 g/mol. The fraction of sp³-hybridized carbons (Fsp3) is 0.667. The minimum absolute atomic E-state index is 0.441. The van der Waals surface area contributed by atoms with Crippen LogP contribution in [0.15, 0.2) is 24.3 Å². The Bertz CT molecular complexity index is 379. The summed E-state index contributed by atoms with van der Waals surface area (Å²) in [7, 11) is 0. The standard InChI is InChI=1S/C18H29N/c1-3-4-5-6-7-10-13-18(14-19-15-18)17-12-9-8-11-16(17)2/h8-9,11-12,19H,3-7,10,13-15H2,1-2H3. The van der Waals surface area contributed by atoms with Crippen LogP contribution in [0.1, 0.15) is 63.0 Å². The van der Waals surface area contributed by atoms with Crippen molar-refractivity contribution in [1.82, 2.24) is 5.32 Å². The monoisotopic (exact) mass is 259 g/mol. The maximum absolute atomic E-state index is 3.49. The summed E-state index contributed by atoms with van der Waals surface area (Å²) in [4.78, 5) is 0. The van der Waals surface area contributed by atoms with E-state index < -0.39 is 0 Å². The second-order valence-electron chi connectivity index (χ2n) is 6.22. The predicted octanol–water partition coefficient (Wildman–Crippen LogP) is 4.59. The molecule has 106 valence electrons. The highest BCUT2D eigenvalue weighted by Gasteiger charge is 2.38. The second kappa shape index (κ2) is 7.09. The summed E-state index contributed by atoms with van der Waals surface area (Å²) in [6, 6.07) is 8.96. The molecule has 2 rings (SSSR count). The molecule has 1 nitrogen and oxygen atoms in total. The number of benzene rings is 1. The number of hydrogen-bond acceptors (Lipinski definition) is 1. The van der Waals surface area contributed by atoms with Gasteiger partial charge in [-0.25, -0.2) is 0 Å². The van der Waals surface area contributed by atoms with Crippen LogP contribution in [0.2, 0.25) is 0 Å². The molecule has 0 spiro atoms. The van der Waals surface area contributed by atoms with E-state index in [0.717, 1.165) is 0 Å². The Morgan fingerprint density at radius 3 is 2.32 bits per heavy atom. The first-order valence-corrected chi connectivity index (χ1v) is 8.05. The van der Waals surface area contributed by atoms with Crippen LogP contribution in [0.4, 0.5) is 0 Å². The normalized spacial score (nSPS) is 17.2. The lowest BCUT2D eigenvalue weighted by molar-refractivity contribution is 0.248. The average molecular weight is 259 g/mol. The van der Waals surface area contributed by atoms with E-state index in [2.05, 4.69) is 43.4 Å². The molecule has 1 fully saturated rings. The summed E-state index contributed by atoms with van der Waals surface area (Å²) >= 11 is 0. The van der Waals surface area contributed by atoms with E-state index in [-0.39, 0.29) is 0 Å². The second-order valence-corrected chi connectivity index (χ2v) is 6.22. The largest absolute Gasteiger partial charge is 0.315 e. The molecule has 0 saturated carbocycles. The van der Waals surface area contributed by atoms with E-state index in [1.165, 1.54) is 63.6 Å². The highest BCUT2D eigenvalue weighted by atomic mass is 15.0. The Labute approximate surface area is 118 Å². The molecule has 1 aromatic rings. The van der Waals surface area contributed by atoms with Gasteiger partial charge in [0.25, 0.3) is 0 Å². The van der Waals surface area contributed by atoms with Gasteiger partial charge < -0.3 is 5.32 Å². The van der Waals surface area contributed by atoms with Gasteiger partial charge in [-0.1, -0.05) is 69.7 Å². The van der Waals surface area contributed by atoms with Crippen LogP contribution >= 0.6 is 0 Å². The number of aryl methyl sites for hydroxylation is 1. The van der Waals surface area contributed by atoms with E-state index in [0.29, 0.717) is 5.41 Å². The molecular formula is C18H29N. The molecule has 1 N–H and O–H groups in total. The molecule has 1 aromatic carbocycles. The van der Waals surface area contributed by atoms with Gasteiger partial charge in [-0.05, 0) is 24.5 Å². The van der Waals surface area contributed by atoms with Crippen molar-refractivity contribution < 1.29 is 0 Å². The molecule has 0 bridgehead atoms. The lowest BCUT2D eigenvalue weighted by Crippen LogP contribution is -2.57. The van der Waals surface area contributed by atoms with Crippen molar-refractivity contribution in [2.75, 3.05) is 13.1 Å². The molecule has 1 saturated heterocycles. The Morgan fingerprint density at radius 1 is 1.00 bits per heavy atom. The number of rotatable bonds is 8. The molecule has 0 amide bonds. The fourth-order valence-corrected chi connectivity index (χ4v) is 3.34. The van der Waals surface area contributed by atoms with Crippen molar-refractivity contribution in [1.29, 1.82) is 0 Å². The van der Waals surface area contributed by atoms with Gasteiger partial charge in [0, 0.05) is 18.5 Å². The third kappa shape index (κ3) is 3.60. The van der Waals surface area contributed by atoms with Crippen molar-refractivity contribution in [2.24, 2.45) is 0 Å². The topological polar surface area (TPSA) is 12.0 Å². The molecule has 1 heterocycles. The fourth-order valence-electron chi connectivity index (χ4n) is 3.34. The third-order valence-corrected chi connectivity index (χ3v) is 4.65. The van der Waals surface area contributed by atoms with Crippen LogP contribution in [-0.4, -0.2) is 13.1 Å². The van der Waals surface area contributed by atoms with E-state index in [1.54, 1.807) is 5.56 Å². The molecule has 0 unspecified atom stereocenters. The summed E-state index contributed by atoms with van der Waals surface area (Å²) < 4.78 is 0. The lowest BCUT2D eigenvalue weighted by Gasteiger charge is -2.44. The number of nitrogens with one attached hydrogen (secondary N) is 1. The smallest absolute Gasteiger partial charge is 0.0205 e. The maximum atomic E-state index is 3.49. The summed E-state index contributed by atoms with van der Waals surface area (Å²) in [5.74, 6) is 0. The number of unbranched alkanes of at least 4 members (excludes halogenated alkanes) is 5. The molecule has 0 atom stereocenters. The van der Waals surface area contributed by atoms with E-state index in [9.17, 15) is 0 Å². The van der Waals surface area contributed by atoms with Crippen LogP contribution in [0, 0.1) is 6.92 Å². The Morgan fingerprint density at radius 2 is 1.68 bits per heavy atom. The van der Waals surface area contributed by atoms with Crippen molar-refractivity contribution in [2.45, 2.75) is 64.2 Å². The van der Waals surface area contributed by atoms with Crippen LogP contribution in [-0.2, 0) is 5.41 Å². The first kappa shape index (κ1) is 14.6. The van der Waals surface area contributed by atoms with E-state index in [4.69, 9.17) is 0 Å². The molecule has 0 aliphatic carbocycles. The quantitative estimate of drug-likeness (QED) is 0.673. The molecule has 1 aliphatic rings. The van der Waals surface area contributed by atoms with Crippen molar-refractivity contribution in [3.05, 3.63) is 35.4 Å². The Hall–Kier alpha value is -0.820. The minimum Gasteiger partial charge on any atom is -0.315 e. The van der Waals surface area contributed by atoms with Gasteiger partial charge in [0.2, 0.25) is 0 Å². The zero-order valence-electron chi connectivity index (χ0n) is 12.7. The number of hydrogen-bond donors (Lipinski definition) is 1. The summed E-state index contributed by atoms with van der Waals surface area (Å²) in [6.45, 7) is 6.89. The van der Waals surface area contributed by atoms with Gasteiger partial charge >= 0.3 is 0 Å². The van der Waals surface area contributed by atoms with Gasteiger partial charge in [-0.15, -0.1) is 0 Å². The molecule has 1 heteroatoms. The SMILES string of the molecule is CCCCCCCCC1(c2ccccc2C)CNC1. The molecule has 19 heavy (non-hydrogen) atoms. The van der Waals surface area contributed by atoms with Crippen molar-refractivity contribution >= 4 is 0 Å². The Kier molecular flexibility index (Phi) is 5.45. The maximum Gasteiger partial charge on any atom is 0.0205 e. The summed E-state index contributed by atoms with van der Waals surface area (Å²) in [5.41, 5.74) is 3.49. The van der Waals surface area contributed by atoms with Gasteiger partial charge in [-0.2, -0.15) is 0 Å². The zero-order valence-corrected chi connectivity index (χ0v) is 12.7. The van der Waals surface area contributed by atoms with Crippen LogP contribution in [0.5, 0.6) is 0 Å². The van der Waals surface area contributed by atoms with Gasteiger partial charge in [0.15, 0.2) is 0 Å². The van der Waals surface area contributed by atoms with Crippen molar-refractivity contribution in [3.8, 4) is 0 Å². The highest BCUT2D eigenvalue weighted by Crippen LogP contribution is 2.35. The van der Waals surface area contributed by atoms with E-state index >= 15 is 0 Å². The van der Waals surface area contributed by atoms with Gasteiger partial charge in [0.1, 0.15) is 0 Å². The van der Waals surface area contributed by atoms with E-state index in [1.807, 2.05) is 0 Å². The summed E-state index contributed by atoms with van der Waals surface area (Å²) in [6.07, 6.45) is 9.75. The summed E-state index contributed by atoms with van der Waals surface area (Å²) in [5, 5.41) is 3.49. The zero-order chi connectivity index (χ0) is 13.6.